The van der Waals surface area contributed by atoms with Crippen LogP contribution in [-0.2, 0) is 0 Å². The Labute approximate surface area is 116 Å². The zero-order valence-corrected chi connectivity index (χ0v) is 10.8. The van der Waals surface area contributed by atoms with Crippen molar-refractivity contribution in [2.24, 2.45) is 5.84 Å². The number of halogens is 1. The number of para-hydroxylation sites is 1. The van der Waals surface area contributed by atoms with Crippen LogP contribution in [0.2, 0.25) is 0 Å². The molecule has 0 spiro atoms. The summed E-state index contributed by atoms with van der Waals surface area (Å²) in [6, 6.07) is 15.8. The molecule has 3 rings (SSSR count). The molecular weight excluding hydrogens is 253 g/mol. The fourth-order valence-electron chi connectivity index (χ4n) is 2.43. The van der Waals surface area contributed by atoms with E-state index in [1.165, 1.54) is 6.07 Å². The van der Waals surface area contributed by atoms with Crippen molar-refractivity contribution in [3.63, 3.8) is 0 Å². The number of aromatic nitrogens is 1. The lowest BCUT2D eigenvalue weighted by Crippen LogP contribution is -2.29. The minimum atomic E-state index is -0.413. The van der Waals surface area contributed by atoms with Gasteiger partial charge in [-0.25, -0.2) is 9.82 Å². The summed E-state index contributed by atoms with van der Waals surface area (Å²) < 4.78 is 14.0. The van der Waals surface area contributed by atoms with E-state index in [0.29, 0.717) is 5.56 Å². The molecule has 0 saturated carbocycles. The first-order valence-corrected chi connectivity index (χ1v) is 6.35. The summed E-state index contributed by atoms with van der Waals surface area (Å²) in [6.07, 6.45) is 1.71. The van der Waals surface area contributed by atoms with Crippen molar-refractivity contribution < 1.29 is 4.39 Å². The molecule has 2 aromatic carbocycles. The summed E-state index contributed by atoms with van der Waals surface area (Å²) >= 11 is 0. The minimum Gasteiger partial charge on any atom is -0.271 e. The number of nitrogens with one attached hydrogen (secondary N) is 1. The van der Waals surface area contributed by atoms with E-state index in [4.69, 9.17) is 5.84 Å². The third kappa shape index (κ3) is 2.15. The van der Waals surface area contributed by atoms with Crippen molar-refractivity contribution >= 4 is 10.9 Å². The topological polar surface area (TPSA) is 50.9 Å². The number of benzene rings is 2. The van der Waals surface area contributed by atoms with Gasteiger partial charge in [-0.05, 0) is 23.8 Å². The Bertz CT molecular complexity index is 737. The van der Waals surface area contributed by atoms with Gasteiger partial charge < -0.3 is 0 Å². The molecule has 0 saturated heterocycles. The molecule has 100 valence electrons. The van der Waals surface area contributed by atoms with Crippen LogP contribution in [-0.4, -0.2) is 4.98 Å². The molecule has 4 heteroatoms. The molecule has 0 radical (unpaired) electrons. The van der Waals surface area contributed by atoms with Crippen molar-refractivity contribution in [2.45, 2.75) is 6.04 Å². The minimum absolute atomic E-state index is 0.281. The number of hydrogen-bond donors (Lipinski definition) is 2. The molecule has 0 fully saturated rings. The van der Waals surface area contributed by atoms with Gasteiger partial charge in [-0.2, -0.15) is 0 Å². The fourth-order valence-corrected chi connectivity index (χ4v) is 2.43. The third-order valence-corrected chi connectivity index (χ3v) is 3.38. The van der Waals surface area contributed by atoms with Gasteiger partial charge in [0.2, 0.25) is 0 Å². The highest BCUT2D eigenvalue weighted by Crippen LogP contribution is 2.28. The van der Waals surface area contributed by atoms with E-state index < -0.39 is 6.04 Å². The number of hydrazine groups is 1. The number of nitrogens with zero attached hydrogens (tertiary/aromatic N) is 1. The van der Waals surface area contributed by atoms with E-state index in [1.54, 1.807) is 24.4 Å². The van der Waals surface area contributed by atoms with E-state index >= 15 is 0 Å². The maximum absolute atomic E-state index is 14.0. The molecule has 0 bridgehead atoms. The number of pyridine rings is 1. The second kappa shape index (κ2) is 5.36. The Kier molecular flexibility index (Phi) is 3.41. The van der Waals surface area contributed by atoms with Crippen molar-refractivity contribution in [3.05, 3.63) is 77.7 Å². The van der Waals surface area contributed by atoms with Gasteiger partial charge in [-0.15, -0.1) is 0 Å². The predicted molar refractivity (Wildman–Crippen MR) is 77.3 cm³/mol. The maximum Gasteiger partial charge on any atom is 0.128 e. The molecule has 0 aliphatic heterocycles. The highest BCUT2D eigenvalue weighted by Gasteiger charge is 2.18. The first kappa shape index (κ1) is 12.7. The van der Waals surface area contributed by atoms with Gasteiger partial charge in [0.15, 0.2) is 0 Å². The van der Waals surface area contributed by atoms with Crippen LogP contribution in [0.25, 0.3) is 10.9 Å². The van der Waals surface area contributed by atoms with E-state index in [9.17, 15) is 4.39 Å². The Morgan fingerprint density at radius 3 is 2.50 bits per heavy atom. The van der Waals surface area contributed by atoms with E-state index in [-0.39, 0.29) is 5.82 Å². The zero-order valence-electron chi connectivity index (χ0n) is 10.8. The quantitative estimate of drug-likeness (QED) is 0.566. The smallest absolute Gasteiger partial charge is 0.128 e. The maximum atomic E-state index is 14.0. The summed E-state index contributed by atoms with van der Waals surface area (Å²) in [5, 5.41) is 0.959. The summed E-state index contributed by atoms with van der Waals surface area (Å²) in [7, 11) is 0. The monoisotopic (exact) mass is 267 g/mol. The first-order valence-electron chi connectivity index (χ1n) is 6.35. The van der Waals surface area contributed by atoms with Crippen molar-refractivity contribution in [2.75, 3.05) is 0 Å². The Morgan fingerprint density at radius 2 is 1.70 bits per heavy atom. The molecule has 3 nitrogen and oxygen atoms in total. The van der Waals surface area contributed by atoms with Gasteiger partial charge >= 0.3 is 0 Å². The molecule has 20 heavy (non-hydrogen) atoms. The van der Waals surface area contributed by atoms with Crippen LogP contribution in [0.1, 0.15) is 17.2 Å². The fraction of sp³-hybridized carbons (Fsp3) is 0.0625. The Morgan fingerprint density at radius 1 is 0.950 bits per heavy atom. The van der Waals surface area contributed by atoms with Crippen LogP contribution >= 0.6 is 0 Å². The number of hydrogen-bond acceptors (Lipinski definition) is 3. The molecule has 0 aliphatic carbocycles. The number of nitrogens with two attached hydrogens (primary N) is 1. The average molecular weight is 267 g/mol. The second-order valence-corrected chi connectivity index (χ2v) is 4.54. The molecule has 1 heterocycles. The number of fused-ring (bicyclic) bond motifs is 1. The van der Waals surface area contributed by atoms with Crippen LogP contribution in [0.15, 0.2) is 60.8 Å². The van der Waals surface area contributed by atoms with Crippen molar-refractivity contribution in [3.8, 4) is 0 Å². The zero-order chi connectivity index (χ0) is 13.9. The van der Waals surface area contributed by atoms with Gasteiger partial charge in [-0.1, -0.05) is 36.4 Å². The largest absolute Gasteiger partial charge is 0.271 e. The van der Waals surface area contributed by atoms with Crippen molar-refractivity contribution in [1.29, 1.82) is 0 Å². The lowest BCUT2D eigenvalue weighted by Gasteiger charge is -2.19. The molecule has 0 aliphatic rings. The Balaban J connectivity index is 2.20. The summed E-state index contributed by atoms with van der Waals surface area (Å²) in [4.78, 5) is 4.31. The van der Waals surface area contributed by atoms with Gasteiger partial charge in [0, 0.05) is 17.1 Å². The third-order valence-electron chi connectivity index (χ3n) is 3.38. The van der Waals surface area contributed by atoms with Gasteiger partial charge in [0.05, 0.1) is 11.6 Å². The molecular formula is C16H14FN3. The van der Waals surface area contributed by atoms with Gasteiger partial charge in [0.25, 0.3) is 0 Å². The van der Waals surface area contributed by atoms with Crippen LogP contribution in [0.5, 0.6) is 0 Å². The summed E-state index contributed by atoms with van der Waals surface area (Å²) in [5.74, 6) is 5.38. The van der Waals surface area contributed by atoms with Crippen molar-refractivity contribution in [1.82, 2.24) is 10.4 Å². The summed E-state index contributed by atoms with van der Waals surface area (Å²) in [5.41, 5.74) is 4.99. The lowest BCUT2D eigenvalue weighted by molar-refractivity contribution is 0.562. The SMILES string of the molecule is NNC(c1ccccc1F)c1ccnc2ccccc12. The average Bonchev–Trinajstić information content (AvgIpc) is 2.50. The predicted octanol–water partition coefficient (Wildman–Crippen LogP) is 2.93. The van der Waals surface area contributed by atoms with Crippen LogP contribution in [0.4, 0.5) is 4.39 Å². The lowest BCUT2D eigenvalue weighted by atomic mass is 9.96. The molecule has 1 atom stereocenters. The molecule has 3 aromatic rings. The van der Waals surface area contributed by atoms with Gasteiger partial charge in [-0.3, -0.25) is 10.8 Å². The van der Waals surface area contributed by atoms with E-state index in [1.807, 2.05) is 30.3 Å². The van der Waals surface area contributed by atoms with Crippen LogP contribution in [0.3, 0.4) is 0 Å². The molecule has 1 aromatic heterocycles. The highest BCUT2D eigenvalue weighted by atomic mass is 19.1. The summed E-state index contributed by atoms with van der Waals surface area (Å²) in [6.45, 7) is 0. The van der Waals surface area contributed by atoms with Crippen LogP contribution < -0.4 is 11.3 Å². The standard InChI is InChI=1S/C16H14FN3/c17-14-7-3-1-6-13(14)16(20-18)12-9-10-19-15-8-4-2-5-11(12)15/h1-10,16,20H,18H2. The van der Waals surface area contributed by atoms with E-state index in [2.05, 4.69) is 10.4 Å². The number of rotatable bonds is 3. The highest BCUT2D eigenvalue weighted by molar-refractivity contribution is 5.82. The van der Waals surface area contributed by atoms with Crippen LogP contribution in [0, 0.1) is 5.82 Å². The molecule has 1 unspecified atom stereocenters. The molecule has 3 N–H and O–H groups in total. The molecule has 0 amide bonds. The normalized spacial score (nSPS) is 12.5. The van der Waals surface area contributed by atoms with E-state index in [0.717, 1.165) is 16.5 Å². The van der Waals surface area contributed by atoms with Gasteiger partial charge in [0.1, 0.15) is 5.82 Å². The Hall–Kier alpha value is -2.30. The first-order chi connectivity index (χ1) is 9.81. The second-order valence-electron chi connectivity index (χ2n) is 4.54.